The fourth-order valence-electron chi connectivity index (χ4n) is 4.65. The number of halogens is 1. The van der Waals surface area contributed by atoms with Gasteiger partial charge in [-0.3, -0.25) is 9.69 Å². The van der Waals surface area contributed by atoms with Gasteiger partial charge in [0.05, 0.1) is 6.04 Å². The summed E-state index contributed by atoms with van der Waals surface area (Å²) < 4.78 is 13.4. The summed E-state index contributed by atoms with van der Waals surface area (Å²) in [6.45, 7) is 4.75. The molecule has 1 aromatic rings. The molecule has 2 heterocycles. The van der Waals surface area contributed by atoms with Crippen LogP contribution in [0.2, 0.25) is 0 Å². The number of benzene rings is 1. The zero-order valence-electron chi connectivity index (χ0n) is 15.5. The highest BCUT2D eigenvalue weighted by Gasteiger charge is 2.34. The van der Waals surface area contributed by atoms with E-state index in [0.717, 1.165) is 63.6 Å². The standard InChI is InChI=1S/C21H30FN3O/c22-18-5-1-4-16(13-18)12-17-14-20(23-15-17)21(26)25-9-3-8-24(10-11-25)19-6-2-7-19/h1,4-5,13,17,19-20,23H,2-3,6-12,14-15H2/t17-,20+/m1/s1. The Hall–Kier alpha value is -1.46. The number of nitrogens with zero attached hydrogens (tertiary/aromatic N) is 2. The van der Waals surface area contributed by atoms with E-state index < -0.39 is 0 Å². The van der Waals surface area contributed by atoms with Crippen LogP contribution in [0.15, 0.2) is 24.3 Å². The van der Waals surface area contributed by atoms with E-state index in [0.29, 0.717) is 5.92 Å². The molecule has 4 rings (SSSR count). The highest BCUT2D eigenvalue weighted by atomic mass is 19.1. The Morgan fingerprint density at radius 1 is 1.15 bits per heavy atom. The first-order valence-electron chi connectivity index (χ1n) is 10.2. The third-order valence-electron chi connectivity index (χ3n) is 6.37. The minimum absolute atomic E-state index is 0.0659. The molecule has 1 saturated carbocycles. The van der Waals surface area contributed by atoms with Gasteiger partial charge in [-0.25, -0.2) is 4.39 Å². The van der Waals surface area contributed by atoms with E-state index >= 15 is 0 Å². The Morgan fingerprint density at radius 2 is 2.04 bits per heavy atom. The molecule has 142 valence electrons. The predicted octanol–water partition coefficient (Wildman–Crippen LogP) is 2.43. The van der Waals surface area contributed by atoms with Gasteiger partial charge in [-0.2, -0.15) is 0 Å². The molecular formula is C21H30FN3O. The number of carbonyl (C=O) groups excluding carboxylic acids is 1. The highest BCUT2D eigenvalue weighted by Crippen LogP contribution is 2.26. The van der Waals surface area contributed by atoms with Crippen molar-refractivity contribution in [2.45, 2.75) is 50.6 Å². The van der Waals surface area contributed by atoms with E-state index in [1.165, 1.54) is 25.3 Å². The Balaban J connectivity index is 1.28. The quantitative estimate of drug-likeness (QED) is 0.897. The first-order chi connectivity index (χ1) is 12.7. The average Bonchev–Trinajstić information content (AvgIpc) is 2.90. The molecule has 1 amide bonds. The van der Waals surface area contributed by atoms with Gasteiger partial charge < -0.3 is 10.2 Å². The van der Waals surface area contributed by atoms with Crippen LogP contribution in [0, 0.1) is 11.7 Å². The number of amides is 1. The van der Waals surface area contributed by atoms with Gasteiger partial charge in [0.15, 0.2) is 0 Å². The molecule has 2 atom stereocenters. The molecule has 1 aliphatic carbocycles. The average molecular weight is 359 g/mol. The Bertz CT molecular complexity index is 633. The van der Waals surface area contributed by atoms with Gasteiger partial charge in [-0.05, 0) is 62.3 Å². The first kappa shape index (κ1) is 17.9. The predicted molar refractivity (Wildman–Crippen MR) is 100 cm³/mol. The van der Waals surface area contributed by atoms with Crippen molar-refractivity contribution in [2.75, 3.05) is 32.7 Å². The van der Waals surface area contributed by atoms with E-state index in [-0.39, 0.29) is 17.8 Å². The maximum atomic E-state index is 13.4. The largest absolute Gasteiger partial charge is 0.340 e. The fraction of sp³-hybridized carbons (Fsp3) is 0.667. The number of carbonyl (C=O) groups is 1. The summed E-state index contributed by atoms with van der Waals surface area (Å²) >= 11 is 0. The molecule has 0 radical (unpaired) electrons. The van der Waals surface area contributed by atoms with Crippen LogP contribution >= 0.6 is 0 Å². The second kappa shape index (κ2) is 8.05. The molecule has 0 unspecified atom stereocenters. The molecule has 2 saturated heterocycles. The molecule has 3 fully saturated rings. The lowest BCUT2D eigenvalue weighted by molar-refractivity contribution is -0.133. The fourth-order valence-corrected chi connectivity index (χ4v) is 4.65. The Kier molecular flexibility index (Phi) is 5.55. The first-order valence-corrected chi connectivity index (χ1v) is 10.2. The summed E-state index contributed by atoms with van der Waals surface area (Å²) in [7, 11) is 0. The Labute approximate surface area is 155 Å². The van der Waals surface area contributed by atoms with Gasteiger partial charge in [0.25, 0.3) is 0 Å². The molecule has 5 heteroatoms. The lowest BCUT2D eigenvalue weighted by Gasteiger charge is -2.36. The van der Waals surface area contributed by atoms with Crippen molar-refractivity contribution < 1.29 is 9.18 Å². The van der Waals surface area contributed by atoms with Crippen molar-refractivity contribution in [3.8, 4) is 0 Å². The third kappa shape index (κ3) is 4.09. The summed E-state index contributed by atoms with van der Waals surface area (Å²) in [6.07, 6.45) is 6.81. The number of hydrogen-bond donors (Lipinski definition) is 1. The van der Waals surface area contributed by atoms with Gasteiger partial charge in [0.1, 0.15) is 5.82 Å². The SMILES string of the molecule is O=C([C@@H]1C[C@@H](Cc2cccc(F)c2)CN1)N1CCCN(C2CCC2)CC1. The van der Waals surface area contributed by atoms with E-state index in [9.17, 15) is 9.18 Å². The molecule has 2 aliphatic heterocycles. The zero-order chi connectivity index (χ0) is 17.9. The lowest BCUT2D eigenvalue weighted by Crippen LogP contribution is -2.46. The van der Waals surface area contributed by atoms with E-state index in [1.807, 2.05) is 6.07 Å². The monoisotopic (exact) mass is 359 g/mol. The van der Waals surface area contributed by atoms with E-state index in [4.69, 9.17) is 0 Å². The third-order valence-corrected chi connectivity index (χ3v) is 6.37. The maximum absolute atomic E-state index is 13.4. The normalized spacial score (nSPS) is 28.0. The van der Waals surface area contributed by atoms with Crippen LogP contribution < -0.4 is 5.32 Å². The topological polar surface area (TPSA) is 35.6 Å². The van der Waals surface area contributed by atoms with E-state index in [2.05, 4.69) is 15.1 Å². The number of nitrogens with one attached hydrogen (secondary N) is 1. The molecule has 0 spiro atoms. The summed E-state index contributed by atoms with van der Waals surface area (Å²) in [5.41, 5.74) is 1.02. The lowest BCUT2D eigenvalue weighted by atomic mass is 9.91. The van der Waals surface area contributed by atoms with Crippen molar-refractivity contribution in [1.29, 1.82) is 0 Å². The summed E-state index contributed by atoms with van der Waals surface area (Å²) in [5.74, 6) is 0.494. The minimum Gasteiger partial charge on any atom is -0.340 e. The van der Waals surface area contributed by atoms with Crippen molar-refractivity contribution in [2.24, 2.45) is 5.92 Å². The second-order valence-corrected chi connectivity index (χ2v) is 8.20. The van der Waals surface area contributed by atoms with Crippen LogP contribution in [-0.4, -0.2) is 60.5 Å². The maximum Gasteiger partial charge on any atom is 0.239 e. The minimum atomic E-state index is -0.179. The van der Waals surface area contributed by atoms with Crippen molar-refractivity contribution >= 4 is 5.91 Å². The van der Waals surface area contributed by atoms with Crippen molar-refractivity contribution in [3.05, 3.63) is 35.6 Å². The highest BCUT2D eigenvalue weighted by molar-refractivity contribution is 5.82. The van der Waals surface area contributed by atoms with Crippen LogP contribution in [0.4, 0.5) is 4.39 Å². The van der Waals surface area contributed by atoms with Gasteiger partial charge in [0.2, 0.25) is 5.91 Å². The second-order valence-electron chi connectivity index (χ2n) is 8.20. The number of hydrogen-bond acceptors (Lipinski definition) is 3. The van der Waals surface area contributed by atoms with Crippen molar-refractivity contribution in [1.82, 2.24) is 15.1 Å². The molecule has 3 aliphatic rings. The molecule has 1 N–H and O–H groups in total. The number of rotatable bonds is 4. The molecule has 0 bridgehead atoms. The van der Waals surface area contributed by atoms with Crippen LogP contribution in [0.1, 0.15) is 37.7 Å². The van der Waals surface area contributed by atoms with E-state index in [1.54, 1.807) is 12.1 Å². The summed E-state index contributed by atoms with van der Waals surface area (Å²) in [4.78, 5) is 17.6. The van der Waals surface area contributed by atoms with Gasteiger partial charge in [0, 0.05) is 32.2 Å². The van der Waals surface area contributed by atoms with Gasteiger partial charge >= 0.3 is 0 Å². The summed E-state index contributed by atoms with van der Waals surface area (Å²) in [5, 5.41) is 3.42. The molecule has 4 nitrogen and oxygen atoms in total. The zero-order valence-corrected chi connectivity index (χ0v) is 15.5. The van der Waals surface area contributed by atoms with Crippen molar-refractivity contribution in [3.63, 3.8) is 0 Å². The molecule has 1 aromatic carbocycles. The van der Waals surface area contributed by atoms with Crippen LogP contribution in [0.25, 0.3) is 0 Å². The van der Waals surface area contributed by atoms with Crippen LogP contribution in [0.5, 0.6) is 0 Å². The molecule has 26 heavy (non-hydrogen) atoms. The Morgan fingerprint density at radius 3 is 2.81 bits per heavy atom. The summed E-state index contributed by atoms with van der Waals surface area (Å²) in [6, 6.07) is 7.53. The van der Waals surface area contributed by atoms with Gasteiger partial charge in [-0.15, -0.1) is 0 Å². The molecular weight excluding hydrogens is 329 g/mol. The van der Waals surface area contributed by atoms with Gasteiger partial charge in [-0.1, -0.05) is 18.6 Å². The smallest absolute Gasteiger partial charge is 0.239 e. The van der Waals surface area contributed by atoms with Crippen LogP contribution in [-0.2, 0) is 11.2 Å². The van der Waals surface area contributed by atoms with Crippen LogP contribution in [0.3, 0.4) is 0 Å². The molecule has 0 aromatic heterocycles.